The lowest BCUT2D eigenvalue weighted by molar-refractivity contribution is -0.114. The molecule has 3 aromatic rings. The smallest absolute Gasteiger partial charge is 0.264 e. The molecule has 0 saturated carbocycles. The largest absolute Gasteiger partial charge is 0.495 e. The number of ether oxygens (including phenoxy) is 1. The van der Waals surface area contributed by atoms with Crippen molar-refractivity contribution in [3.05, 3.63) is 82.4 Å². The van der Waals surface area contributed by atoms with Crippen molar-refractivity contribution in [3.63, 3.8) is 0 Å². The first-order valence-corrected chi connectivity index (χ1v) is 12.7. The van der Waals surface area contributed by atoms with Crippen LogP contribution in [-0.4, -0.2) is 28.0 Å². The van der Waals surface area contributed by atoms with Gasteiger partial charge in [-0.05, 0) is 61.2 Å². The number of carbonyl (C=O) groups is 1. The van der Waals surface area contributed by atoms with Gasteiger partial charge in [0, 0.05) is 10.7 Å². The van der Waals surface area contributed by atoms with Crippen LogP contribution < -0.4 is 14.4 Å². The van der Waals surface area contributed by atoms with Gasteiger partial charge in [0.05, 0.1) is 17.7 Å². The first-order chi connectivity index (χ1) is 16.0. The molecule has 0 bridgehead atoms. The number of anilines is 2. The van der Waals surface area contributed by atoms with Gasteiger partial charge in [-0.25, -0.2) is 8.42 Å². The van der Waals surface area contributed by atoms with Crippen LogP contribution in [0.2, 0.25) is 5.02 Å². The molecule has 0 saturated heterocycles. The van der Waals surface area contributed by atoms with E-state index in [0.29, 0.717) is 10.7 Å². The minimum Gasteiger partial charge on any atom is -0.495 e. The predicted octanol–water partition coefficient (Wildman–Crippen LogP) is 5.92. The van der Waals surface area contributed by atoms with E-state index in [9.17, 15) is 13.2 Å². The minimum atomic E-state index is -4.11. The van der Waals surface area contributed by atoms with Crippen LogP contribution in [0.3, 0.4) is 0 Å². The van der Waals surface area contributed by atoms with Crippen LogP contribution in [0.25, 0.3) is 0 Å². The van der Waals surface area contributed by atoms with Gasteiger partial charge < -0.3 is 10.1 Å². The van der Waals surface area contributed by atoms with Gasteiger partial charge in [0.2, 0.25) is 5.91 Å². The molecular formula is C26H29ClN2O4S. The van der Waals surface area contributed by atoms with Crippen molar-refractivity contribution in [2.75, 3.05) is 23.3 Å². The van der Waals surface area contributed by atoms with Gasteiger partial charge in [0.15, 0.2) is 0 Å². The van der Waals surface area contributed by atoms with Gasteiger partial charge in [0.1, 0.15) is 12.3 Å². The van der Waals surface area contributed by atoms with Crippen molar-refractivity contribution >= 4 is 38.9 Å². The topological polar surface area (TPSA) is 75.7 Å². The molecule has 6 nitrogen and oxygen atoms in total. The molecule has 0 aliphatic carbocycles. The minimum absolute atomic E-state index is 0.0617. The fourth-order valence-electron chi connectivity index (χ4n) is 3.65. The second-order valence-corrected chi connectivity index (χ2v) is 10.7. The number of methoxy groups -OCH3 is 1. The number of halogens is 1. The molecule has 0 aromatic heterocycles. The maximum atomic E-state index is 13.7. The molecule has 0 heterocycles. The van der Waals surface area contributed by atoms with Gasteiger partial charge in [-0.3, -0.25) is 9.10 Å². The Morgan fingerprint density at radius 3 is 2.35 bits per heavy atom. The Morgan fingerprint density at radius 2 is 1.74 bits per heavy atom. The Kier molecular flexibility index (Phi) is 7.89. The van der Waals surface area contributed by atoms with Gasteiger partial charge in [0.25, 0.3) is 10.0 Å². The molecule has 0 unspecified atom stereocenters. The van der Waals surface area contributed by atoms with Crippen molar-refractivity contribution < 1.29 is 17.9 Å². The zero-order valence-electron chi connectivity index (χ0n) is 19.9. The van der Waals surface area contributed by atoms with Crippen LogP contribution in [0, 0.1) is 13.8 Å². The zero-order chi connectivity index (χ0) is 25.0. The molecule has 0 radical (unpaired) electrons. The lowest BCUT2D eigenvalue weighted by Crippen LogP contribution is -2.38. The Morgan fingerprint density at radius 1 is 1.06 bits per heavy atom. The third-order valence-corrected chi connectivity index (χ3v) is 7.51. The average molecular weight is 501 g/mol. The fourth-order valence-corrected chi connectivity index (χ4v) is 5.24. The highest BCUT2D eigenvalue weighted by Gasteiger charge is 2.30. The molecule has 0 spiro atoms. The fraction of sp³-hybridized carbons (Fsp3) is 0.269. The summed E-state index contributed by atoms with van der Waals surface area (Å²) in [6.45, 7) is 7.39. The van der Waals surface area contributed by atoms with Crippen LogP contribution in [0.1, 0.15) is 36.5 Å². The van der Waals surface area contributed by atoms with Crippen molar-refractivity contribution in [2.24, 2.45) is 0 Å². The van der Waals surface area contributed by atoms with Gasteiger partial charge in [-0.15, -0.1) is 0 Å². The van der Waals surface area contributed by atoms with Crippen LogP contribution in [0.5, 0.6) is 5.75 Å². The van der Waals surface area contributed by atoms with E-state index in [0.717, 1.165) is 21.0 Å². The third-order valence-electron chi connectivity index (χ3n) is 5.50. The molecule has 1 N–H and O–H groups in total. The predicted molar refractivity (Wildman–Crippen MR) is 138 cm³/mol. The Balaban J connectivity index is 2.06. The number of sulfonamides is 1. The first kappa shape index (κ1) is 25.6. The quantitative estimate of drug-likeness (QED) is 0.416. The number of rotatable bonds is 8. The average Bonchev–Trinajstić information content (AvgIpc) is 2.78. The summed E-state index contributed by atoms with van der Waals surface area (Å²) < 4.78 is 33.8. The van der Waals surface area contributed by atoms with E-state index in [2.05, 4.69) is 5.32 Å². The van der Waals surface area contributed by atoms with E-state index in [4.69, 9.17) is 16.3 Å². The van der Waals surface area contributed by atoms with Crippen molar-refractivity contribution in [2.45, 2.75) is 38.5 Å². The Bertz CT molecular complexity index is 1290. The Hall–Kier alpha value is -3.03. The van der Waals surface area contributed by atoms with E-state index >= 15 is 0 Å². The summed E-state index contributed by atoms with van der Waals surface area (Å²) in [4.78, 5) is 13.3. The number of hydrogen-bond donors (Lipinski definition) is 1. The monoisotopic (exact) mass is 500 g/mol. The van der Waals surface area contributed by atoms with Crippen molar-refractivity contribution in [1.29, 1.82) is 0 Å². The Labute approximate surface area is 206 Å². The van der Waals surface area contributed by atoms with E-state index in [1.807, 2.05) is 45.9 Å². The summed E-state index contributed by atoms with van der Waals surface area (Å²) in [6, 6.07) is 16.9. The maximum Gasteiger partial charge on any atom is 0.264 e. The molecule has 1 amide bonds. The number of aryl methyl sites for hydroxylation is 2. The molecule has 0 aliphatic heterocycles. The molecule has 180 valence electrons. The summed E-state index contributed by atoms with van der Waals surface area (Å²) in [5.41, 5.74) is 3.66. The van der Waals surface area contributed by atoms with Crippen LogP contribution >= 0.6 is 11.6 Å². The molecule has 8 heteroatoms. The van der Waals surface area contributed by atoms with Gasteiger partial charge >= 0.3 is 0 Å². The third kappa shape index (κ3) is 5.54. The van der Waals surface area contributed by atoms with E-state index in [-0.39, 0.29) is 22.3 Å². The van der Waals surface area contributed by atoms with Crippen molar-refractivity contribution in [3.8, 4) is 5.75 Å². The number of nitrogens with zero attached hydrogens (tertiary/aromatic N) is 1. The molecule has 0 fully saturated rings. The second kappa shape index (κ2) is 10.5. The number of benzene rings is 3. The first-order valence-electron chi connectivity index (χ1n) is 10.9. The summed E-state index contributed by atoms with van der Waals surface area (Å²) in [5.74, 6) is -0.0174. The molecular weight excluding hydrogens is 472 g/mol. The highest BCUT2D eigenvalue weighted by atomic mass is 35.5. The molecule has 34 heavy (non-hydrogen) atoms. The molecule has 3 aromatic carbocycles. The number of carbonyl (C=O) groups excluding carboxylic acids is 1. The van der Waals surface area contributed by atoms with Crippen LogP contribution in [-0.2, 0) is 14.8 Å². The highest BCUT2D eigenvalue weighted by Crippen LogP contribution is 2.35. The van der Waals surface area contributed by atoms with Gasteiger partial charge in [-0.2, -0.15) is 0 Å². The number of hydrogen-bond acceptors (Lipinski definition) is 4. The summed E-state index contributed by atoms with van der Waals surface area (Å²) in [6.07, 6.45) is 0. The second-order valence-electron chi connectivity index (χ2n) is 8.38. The lowest BCUT2D eigenvalue weighted by atomic mass is 9.98. The van der Waals surface area contributed by atoms with Gasteiger partial charge in [-0.1, -0.05) is 61.3 Å². The van der Waals surface area contributed by atoms with Crippen molar-refractivity contribution in [1.82, 2.24) is 0 Å². The zero-order valence-corrected chi connectivity index (χ0v) is 21.5. The summed E-state index contributed by atoms with van der Waals surface area (Å²) >= 11 is 6.20. The molecule has 3 rings (SSSR count). The normalized spacial score (nSPS) is 11.4. The van der Waals surface area contributed by atoms with E-state index in [1.54, 1.807) is 24.3 Å². The van der Waals surface area contributed by atoms with E-state index in [1.165, 1.54) is 25.3 Å². The van der Waals surface area contributed by atoms with E-state index < -0.39 is 22.5 Å². The van der Waals surface area contributed by atoms with Crippen LogP contribution in [0.4, 0.5) is 11.4 Å². The SMILES string of the molecule is COc1ccc(Cl)cc1N(CC(=O)Nc1c(C)cccc1C(C)C)S(=O)(=O)c1ccc(C)cc1. The number of nitrogens with one attached hydrogen (secondary N) is 1. The molecule has 0 aliphatic rings. The summed E-state index contributed by atoms with van der Waals surface area (Å²) in [7, 11) is -2.67. The van der Waals surface area contributed by atoms with Crippen LogP contribution in [0.15, 0.2) is 65.6 Å². The lowest BCUT2D eigenvalue weighted by Gasteiger charge is -2.26. The molecule has 0 atom stereocenters. The standard InChI is InChI=1S/C26H29ClN2O4S/c1-17(2)22-8-6-7-19(4)26(22)28-25(30)16-29(23-15-20(27)11-14-24(23)33-5)34(31,32)21-12-9-18(3)10-13-21/h6-15,17H,16H2,1-5H3,(H,28,30). The highest BCUT2D eigenvalue weighted by molar-refractivity contribution is 7.92. The number of para-hydroxylation sites is 1. The summed E-state index contributed by atoms with van der Waals surface area (Å²) in [5, 5.41) is 3.25. The maximum absolute atomic E-state index is 13.7. The number of amides is 1.